The maximum atomic E-state index is 12.7. The van der Waals surface area contributed by atoms with Crippen LogP contribution < -0.4 is 10.7 Å². The fourth-order valence-electron chi connectivity index (χ4n) is 2.30. The summed E-state index contributed by atoms with van der Waals surface area (Å²) in [5.41, 5.74) is 7.01. The van der Waals surface area contributed by atoms with Crippen LogP contribution in [0.1, 0.15) is 11.1 Å². The molecule has 0 aliphatic heterocycles. The summed E-state index contributed by atoms with van der Waals surface area (Å²) in [5.74, 6) is -0.608. The molecular formula is C22H20ClN5O. The number of anilines is 2. The first-order valence-corrected chi connectivity index (χ1v) is 9.33. The second-order valence-corrected chi connectivity index (χ2v) is 6.85. The number of carbonyl (C=O) groups is 1. The molecule has 0 heterocycles. The van der Waals surface area contributed by atoms with E-state index in [1.54, 1.807) is 24.3 Å². The highest BCUT2D eigenvalue weighted by Crippen LogP contribution is 2.15. The Balaban J connectivity index is 1.81. The van der Waals surface area contributed by atoms with Crippen molar-refractivity contribution in [3.05, 3.63) is 88.9 Å². The smallest absolute Gasteiger partial charge is 0.297 e. The number of halogens is 1. The zero-order valence-electron chi connectivity index (χ0n) is 16.1. The Kier molecular flexibility index (Phi) is 6.71. The first-order chi connectivity index (χ1) is 14.0. The molecule has 0 aromatic heterocycles. The van der Waals surface area contributed by atoms with E-state index in [9.17, 15) is 4.79 Å². The minimum Gasteiger partial charge on any atom is -0.319 e. The van der Waals surface area contributed by atoms with Crippen LogP contribution in [0.3, 0.4) is 0 Å². The van der Waals surface area contributed by atoms with Crippen LogP contribution in [0.2, 0.25) is 5.02 Å². The van der Waals surface area contributed by atoms with Crippen LogP contribution in [0.5, 0.6) is 0 Å². The van der Waals surface area contributed by atoms with Crippen molar-refractivity contribution in [1.82, 2.24) is 0 Å². The van der Waals surface area contributed by atoms with E-state index >= 15 is 0 Å². The number of nitrogens with one attached hydrogen (secondary N) is 2. The molecule has 3 rings (SSSR count). The average Bonchev–Trinajstić information content (AvgIpc) is 2.72. The number of amides is 1. The lowest BCUT2D eigenvalue weighted by Crippen LogP contribution is -2.22. The molecule has 0 atom stereocenters. The molecule has 0 saturated carbocycles. The first-order valence-electron chi connectivity index (χ1n) is 8.95. The fourth-order valence-corrected chi connectivity index (χ4v) is 2.43. The first kappa shape index (κ1) is 20.2. The minimum absolute atomic E-state index is 0.110. The van der Waals surface area contributed by atoms with Gasteiger partial charge in [-0.05, 0) is 62.4 Å². The van der Waals surface area contributed by atoms with Crippen LogP contribution in [0.15, 0.2) is 88.1 Å². The largest absolute Gasteiger partial charge is 0.319 e. The lowest BCUT2D eigenvalue weighted by Gasteiger charge is -2.06. The van der Waals surface area contributed by atoms with E-state index < -0.39 is 5.91 Å². The second-order valence-electron chi connectivity index (χ2n) is 6.41. The number of benzene rings is 3. The number of rotatable bonds is 4. The van der Waals surface area contributed by atoms with Crippen LogP contribution in [0.4, 0.5) is 17.1 Å². The third kappa shape index (κ3) is 6.26. The summed E-state index contributed by atoms with van der Waals surface area (Å²) in [6.07, 6.45) is 0. The fraction of sp³-hybridized carbons (Fsp3) is 0.0909. The summed E-state index contributed by atoms with van der Waals surface area (Å²) in [6.45, 7) is 3.98. The molecule has 0 saturated heterocycles. The summed E-state index contributed by atoms with van der Waals surface area (Å²) >= 11 is 5.89. The predicted octanol–water partition coefficient (Wildman–Crippen LogP) is 6.10. The molecule has 7 heteroatoms. The van der Waals surface area contributed by atoms with Crippen molar-refractivity contribution in [3.8, 4) is 0 Å². The van der Waals surface area contributed by atoms with Crippen molar-refractivity contribution in [1.29, 1.82) is 0 Å². The second kappa shape index (κ2) is 9.61. The standard InChI is InChI=1S/C22H20ClN5O/c1-15-3-9-19(10-4-15)25-27-21(28-26-20-11-5-16(2)6-12-20)22(29)24-18-13-7-17(23)8-14-18/h3-14,25H,1-2H3,(H,24,29)/b27-21-,28-26?. The Morgan fingerprint density at radius 3 is 1.97 bits per heavy atom. The number of hydrazone groups is 1. The van der Waals surface area contributed by atoms with E-state index in [0.29, 0.717) is 16.4 Å². The SMILES string of the molecule is Cc1ccc(N=N/C(=N\Nc2ccc(C)cc2)C(=O)Nc2ccc(Cl)cc2)cc1. The minimum atomic E-state index is -0.497. The van der Waals surface area contributed by atoms with Crippen LogP contribution >= 0.6 is 11.6 Å². The topological polar surface area (TPSA) is 78.2 Å². The lowest BCUT2D eigenvalue weighted by atomic mass is 10.2. The molecule has 6 nitrogen and oxygen atoms in total. The molecule has 0 aliphatic rings. The maximum Gasteiger partial charge on any atom is 0.297 e. The molecule has 0 radical (unpaired) electrons. The molecule has 0 unspecified atom stereocenters. The van der Waals surface area contributed by atoms with Crippen molar-refractivity contribution in [2.24, 2.45) is 15.3 Å². The highest BCUT2D eigenvalue weighted by atomic mass is 35.5. The molecule has 3 aromatic carbocycles. The predicted molar refractivity (Wildman–Crippen MR) is 118 cm³/mol. The molecule has 0 bridgehead atoms. The van der Waals surface area contributed by atoms with Crippen LogP contribution in [-0.4, -0.2) is 11.7 Å². The van der Waals surface area contributed by atoms with Gasteiger partial charge in [-0.25, -0.2) is 0 Å². The monoisotopic (exact) mass is 405 g/mol. The highest BCUT2D eigenvalue weighted by molar-refractivity contribution is 6.42. The van der Waals surface area contributed by atoms with E-state index in [1.807, 2.05) is 62.4 Å². The molecular weight excluding hydrogens is 386 g/mol. The number of aryl methyl sites for hydroxylation is 2. The normalized spacial score (nSPS) is 11.5. The molecule has 0 spiro atoms. The summed E-state index contributed by atoms with van der Waals surface area (Å²) in [5, 5.41) is 15.6. The zero-order chi connectivity index (χ0) is 20.6. The average molecular weight is 406 g/mol. The van der Waals surface area contributed by atoms with Crippen molar-refractivity contribution in [2.75, 3.05) is 10.7 Å². The van der Waals surface area contributed by atoms with E-state index in [1.165, 1.54) is 0 Å². The van der Waals surface area contributed by atoms with Crippen LogP contribution in [0.25, 0.3) is 0 Å². The van der Waals surface area contributed by atoms with Gasteiger partial charge < -0.3 is 5.32 Å². The molecule has 3 aromatic rings. The van der Waals surface area contributed by atoms with Gasteiger partial charge in [-0.2, -0.15) is 0 Å². The number of carbonyl (C=O) groups excluding carboxylic acids is 1. The summed E-state index contributed by atoms with van der Waals surface area (Å²) < 4.78 is 0. The van der Waals surface area contributed by atoms with Crippen LogP contribution in [0, 0.1) is 13.8 Å². The Hall–Kier alpha value is -3.51. The van der Waals surface area contributed by atoms with Crippen molar-refractivity contribution in [2.45, 2.75) is 13.8 Å². The number of hydrogen-bond acceptors (Lipinski definition) is 4. The quantitative estimate of drug-likeness (QED) is 0.238. The van der Waals surface area contributed by atoms with Gasteiger partial charge in [0.1, 0.15) is 0 Å². The number of azo groups is 1. The summed E-state index contributed by atoms with van der Waals surface area (Å²) in [4.78, 5) is 12.7. The van der Waals surface area contributed by atoms with Gasteiger partial charge in [0.25, 0.3) is 11.7 Å². The summed E-state index contributed by atoms with van der Waals surface area (Å²) in [6, 6.07) is 21.9. The van der Waals surface area contributed by atoms with E-state index in [0.717, 1.165) is 16.8 Å². The molecule has 0 aliphatic carbocycles. The van der Waals surface area contributed by atoms with E-state index in [2.05, 4.69) is 26.1 Å². The van der Waals surface area contributed by atoms with Gasteiger partial charge in [-0.1, -0.05) is 47.0 Å². The maximum absolute atomic E-state index is 12.7. The Morgan fingerprint density at radius 1 is 0.793 bits per heavy atom. The number of amidine groups is 1. The lowest BCUT2D eigenvalue weighted by molar-refractivity contribution is -0.110. The summed E-state index contributed by atoms with van der Waals surface area (Å²) in [7, 11) is 0. The van der Waals surface area contributed by atoms with Gasteiger partial charge in [0, 0.05) is 10.7 Å². The highest BCUT2D eigenvalue weighted by Gasteiger charge is 2.12. The van der Waals surface area contributed by atoms with Gasteiger partial charge >= 0.3 is 0 Å². The van der Waals surface area contributed by atoms with Crippen molar-refractivity contribution in [3.63, 3.8) is 0 Å². The molecule has 29 heavy (non-hydrogen) atoms. The van der Waals surface area contributed by atoms with Crippen molar-refractivity contribution < 1.29 is 4.79 Å². The number of hydrogen-bond donors (Lipinski definition) is 2. The van der Waals surface area contributed by atoms with Crippen LogP contribution in [-0.2, 0) is 4.79 Å². The molecule has 0 fully saturated rings. The van der Waals surface area contributed by atoms with Gasteiger partial charge in [0.2, 0.25) is 0 Å². The third-order valence-electron chi connectivity index (χ3n) is 3.94. The van der Waals surface area contributed by atoms with Gasteiger partial charge in [-0.15, -0.1) is 15.3 Å². The van der Waals surface area contributed by atoms with E-state index in [-0.39, 0.29) is 5.84 Å². The third-order valence-corrected chi connectivity index (χ3v) is 4.19. The molecule has 146 valence electrons. The van der Waals surface area contributed by atoms with Crippen molar-refractivity contribution >= 4 is 40.4 Å². The van der Waals surface area contributed by atoms with E-state index in [4.69, 9.17) is 11.6 Å². The molecule has 2 N–H and O–H groups in total. The Morgan fingerprint density at radius 2 is 1.34 bits per heavy atom. The number of nitrogens with zero attached hydrogens (tertiary/aromatic N) is 3. The van der Waals surface area contributed by atoms with Gasteiger partial charge in [0.05, 0.1) is 11.4 Å². The Bertz CT molecular complexity index is 1030. The zero-order valence-corrected chi connectivity index (χ0v) is 16.8. The van der Waals surface area contributed by atoms with Gasteiger partial charge in [-0.3, -0.25) is 10.2 Å². The van der Waals surface area contributed by atoms with Gasteiger partial charge in [0.15, 0.2) is 0 Å². The molecule has 1 amide bonds. The Labute approximate surface area is 174 Å².